The van der Waals surface area contributed by atoms with E-state index in [-0.39, 0.29) is 15.6 Å². The van der Waals surface area contributed by atoms with Crippen LogP contribution in [0.15, 0.2) is 41.3 Å². The summed E-state index contributed by atoms with van der Waals surface area (Å²) in [5.41, 5.74) is 6.14. The minimum atomic E-state index is -3.79. The summed E-state index contributed by atoms with van der Waals surface area (Å²) in [4.78, 5) is -0.208. The van der Waals surface area contributed by atoms with Gasteiger partial charge in [-0.05, 0) is 35.9 Å². The SMILES string of the molecule is N#Cc1ccc(CS(=O)(=O)c2cc(N)cc(F)c2)c(Cl)c1. The second kappa shape index (κ2) is 5.72. The average molecular weight is 325 g/mol. The number of nitriles is 1. The van der Waals surface area contributed by atoms with Crippen LogP contribution >= 0.6 is 11.6 Å². The van der Waals surface area contributed by atoms with Gasteiger partial charge in [0.05, 0.1) is 22.3 Å². The molecule has 0 saturated carbocycles. The van der Waals surface area contributed by atoms with Gasteiger partial charge in [-0.15, -0.1) is 0 Å². The Kier molecular flexibility index (Phi) is 4.16. The van der Waals surface area contributed by atoms with Crippen molar-refractivity contribution in [1.29, 1.82) is 5.26 Å². The van der Waals surface area contributed by atoms with Crippen LogP contribution in [0.4, 0.5) is 10.1 Å². The zero-order valence-electron chi connectivity index (χ0n) is 10.7. The molecule has 7 heteroatoms. The van der Waals surface area contributed by atoms with Crippen molar-refractivity contribution < 1.29 is 12.8 Å². The molecule has 0 spiro atoms. The lowest BCUT2D eigenvalue weighted by Crippen LogP contribution is -2.07. The first-order valence-electron chi connectivity index (χ1n) is 5.79. The van der Waals surface area contributed by atoms with Gasteiger partial charge < -0.3 is 5.73 Å². The fraction of sp³-hybridized carbons (Fsp3) is 0.0714. The molecule has 0 amide bonds. The molecule has 0 radical (unpaired) electrons. The summed E-state index contributed by atoms with van der Waals surface area (Å²) >= 11 is 5.95. The van der Waals surface area contributed by atoms with Crippen molar-refractivity contribution in [3.05, 3.63) is 58.4 Å². The molecule has 0 heterocycles. The Morgan fingerprint density at radius 2 is 1.95 bits per heavy atom. The molecule has 0 bridgehead atoms. The quantitative estimate of drug-likeness (QED) is 0.880. The molecule has 2 aromatic rings. The Labute approximate surface area is 126 Å². The summed E-state index contributed by atoms with van der Waals surface area (Å²) in [5.74, 6) is -1.13. The third kappa shape index (κ3) is 3.51. The number of halogens is 2. The van der Waals surface area contributed by atoms with E-state index in [0.29, 0.717) is 11.1 Å². The fourth-order valence-electron chi connectivity index (χ4n) is 1.79. The molecule has 0 fully saturated rings. The first kappa shape index (κ1) is 15.3. The van der Waals surface area contributed by atoms with Gasteiger partial charge >= 0.3 is 0 Å². The number of nitrogens with two attached hydrogens (primary N) is 1. The summed E-state index contributed by atoms with van der Waals surface area (Å²) in [6.45, 7) is 0. The molecule has 0 atom stereocenters. The molecule has 0 aromatic heterocycles. The van der Waals surface area contributed by atoms with Crippen LogP contribution in [0.25, 0.3) is 0 Å². The van der Waals surface area contributed by atoms with Crippen molar-refractivity contribution in [3.63, 3.8) is 0 Å². The van der Waals surface area contributed by atoms with Crippen LogP contribution in [0.5, 0.6) is 0 Å². The van der Waals surface area contributed by atoms with Crippen LogP contribution in [0.3, 0.4) is 0 Å². The first-order chi connectivity index (χ1) is 9.81. The molecule has 0 aliphatic rings. The molecule has 4 nitrogen and oxygen atoms in total. The van der Waals surface area contributed by atoms with Crippen LogP contribution in [0, 0.1) is 17.1 Å². The lowest BCUT2D eigenvalue weighted by Gasteiger charge is -2.08. The molecule has 0 unspecified atom stereocenters. The summed E-state index contributed by atoms with van der Waals surface area (Å²) in [6.07, 6.45) is 0. The zero-order chi connectivity index (χ0) is 15.6. The Bertz CT molecular complexity index is 824. The predicted molar refractivity (Wildman–Crippen MR) is 77.9 cm³/mol. The van der Waals surface area contributed by atoms with Gasteiger partial charge in [0.2, 0.25) is 0 Å². The average Bonchev–Trinajstić information content (AvgIpc) is 2.40. The minimum absolute atomic E-state index is 0.0273. The van der Waals surface area contributed by atoms with Gasteiger partial charge in [0.15, 0.2) is 9.84 Å². The Hall–Kier alpha value is -2.10. The molecule has 0 saturated heterocycles. The lowest BCUT2D eigenvalue weighted by molar-refractivity contribution is 0.590. The second-order valence-electron chi connectivity index (χ2n) is 4.40. The molecule has 2 rings (SSSR count). The number of rotatable bonds is 3. The van der Waals surface area contributed by atoms with Crippen LogP contribution in [-0.2, 0) is 15.6 Å². The number of hydrogen-bond acceptors (Lipinski definition) is 4. The maximum absolute atomic E-state index is 13.3. The third-order valence-electron chi connectivity index (χ3n) is 2.78. The van der Waals surface area contributed by atoms with E-state index in [1.54, 1.807) is 0 Å². The van der Waals surface area contributed by atoms with Crippen molar-refractivity contribution in [1.82, 2.24) is 0 Å². The number of nitrogens with zero attached hydrogens (tertiary/aromatic N) is 1. The second-order valence-corrected chi connectivity index (χ2v) is 6.79. The Balaban J connectivity index is 2.40. The zero-order valence-corrected chi connectivity index (χ0v) is 12.2. The van der Waals surface area contributed by atoms with Crippen molar-refractivity contribution in [3.8, 4) is 6.07 Å². The summed E-state index contributed by atoms with van der Waals surface area (Å²) in [5, 5.41) is 8.91. The highest BCUT2D eigenvalue weighted by Gasteiger charge is 2.18. The van der Waals surface area contributed by atoms with E-state index < -0.39 is 21.4 Å². The molecule has 0 aliphatic heterocycles. The van der Waals surface area contributed by atoms with E-state index >= 15 is 0 Å². The summed E-state index contributed by atoms with van der Waals surface area (Å²) in [6, 6.07) is 9.35. The van der Waals surface area contributed by atoms with E-state index in [0.717, 1.165) is 12.1 Å². The van der Waals surface area contributed by atoms with Gasteiger partial charge in [-0.25, -0.2) is 12.8 Å². The highest BCUT2D eigenvalue weighted by molar-refractivity contribution is 7.90. The summed E-state index contributed by atoms with van der Waals surface area (Å²) in [7, 11) is -3.79. The van der Waals surface area contributed by atoms with Gasteiger partial charge in [0.1, 0.15) is 5.82 Å². The Morgan fingerprint density at radius 1 is 1.24 bits per heavy atom. The molecule has 2 aromatic carbocycles. The number of hydrogen-bond donors (Lipinski definition) is 1. The highest BCUT2D eigenvalue weighted by atomic mass is 35.5. The van der Waals surface area contributed by atoms with Gasteiger partial charge in [-0.2, -0.15) is 5.26 Å². The Morgan fingerprint density at radius 3 is 2.52 bits per heavy atom. The van der Waals surface area contributed by atoms with Gasteiger partial charge in [0, 0.05) is 10.7 Å². The normalized spacial score (nSPS) is 11.1. The van der Waals surface area contributed by atoms with Crippen LogP contribution in [0.1, 0.15) is 11.1 Å². The maximum Gasteiger partial charge on any atom is 0.182 e. The van der Waals surface area contributed by atoms with Crippen LogP contribution < -0.4 is 5.73 Å². The van der Waals surface area contributed by atoms with Crippen LogP contribution in [0.2, 0.25) is 5.02 Å². The van der Waals surface area contributed by atoms with Crippen molar-refractivity contribution in [2.45, 2.75) is 10.6 Å². The number of sulfone groups is 1. The first-order valence-corrected chi connectivity index (χ1v) is 7.82. The third-order valence-corrected chi connectivity index (χ3v) is 4.78. The summed E-state index contributed by atoms with van der Waals surface area (Å²) < 4.78 is 37.8. The molecular formula is C14H10ClFN2O2S. The molecule has 21 heavy (non-hydrogen) atoms. The number of benzene rings is 2. The molecule has 0 aliphatic carbocycles. The van der Waals surface area contributed by atoms with Crippen LogP contribution in [-0.4, -0.2) is 8.42 Å². The van der Waals surface area contributed by atoms with Gasteiger partial charge in [-0.1, -0.05) is 17.7 Å². The van der Waals surface area contributed by atoms with Crippen molar-refractivity contribution >= 4 is 27.1 Å². The van der Waals surface area contributed by atoms with E-state index in [4.69, 9.17) is 22.6 Å². The number of nitrogen functional groups attached to an aromatic ring is 1. The largest absolute Gasteiger partial charge is 0.399 e. The maximum atomic E-state index is 13.3. The van der Waals surface area contributed by atoms with E-state index in [1.807, 2.05) is 6.07 Å². The van der Waals surface area contributed by atoms with Crippen molar-refractivity contribution in [2.75, 3.05) is 5.73 Å². The minimum Gasteiger partial charge on any atom is -0.399 e. The lowest BCUT2D eigenvalue weighted by atomic mass is 10.2. The molecular weight excluding hydrogens is 315 g/mol. The van der Waals surface area contributed by atoms with Crippen molar-refractivity contribution in [2.24, 2.45) is 0 Å². The van der Waals surface area contributed by atoms with E-state index in [9.17, 15) is 12.8 Å². The highest BCUT2D eigenvalue weighted by Crippen LogP contribution is 2.25. The standard InChI is InChI=1S/C14H10ClFN2O2S/c15-14-3-9(7-17)1-2-10(14)8-21(19,20)13-5-11(16)4-12(18)6-13/h1-6H,8,18H2. The topological polar surface area (TPSA) is 84.0 Å². The van der Waals surface area contributed by atoms with Gasteiger partial charge in [-0.3, -0.25) is 0 Å². The predicted octanol–water partition coefficient (Wildman–Crippen LogP) is 2.91. The van der Waals surface area contributed by atoms with E-state index in [2.05, 4.69) is 0 Å². The monoisotopic (exact) mass is 324 g/mol. The smallest absolute Gasteiger partial charge is 0.182 e. The molecule has 2 N–H and O–H groups in total. The molecule has 108 valence electrons. The van der Waals surface area contributed by atoms with E-state index in [1.165, 1.54) is 24.3 Å². The number of anilines is 1. The fourth-order valence-corrected chi connectivity index (χ4v) is 3.55. The van der Waals surface area contributed by atoms with Gasteiger partial charge in [0.25, 0.3) is 0 Å².